The highest BCUT2D eigenvalue weighted by atomic mass is 16.8. The highest BCUT2D eigenvalue weighted by Crippen LogP contribution is 2.47. The quantitative estimate of drug-likeness (QED) is 0.122. The molecule has 1 saturated carbocycles. The van der Waals surface area contributed by atoms with Gasteiger partial charge in [0.2, 0.25) is 11.7 Å². The first kappa shape index (κ1) is 36.6. The number of allylic oxidation sites excluding steroid dienone is 1. The number of esters is 1. The van der Waals surface area contributed by atoms with E-state index in [1.54, 1.807) is 30.3 Å². The van der Waals surface area contributed by atoms with Crippen LogP contribution < -0.4 is 10.6 Å². The van der Waals surface area contributed by atoms with Crippen LogP contribution in [0.3, 0.4) is 0 Å². The molecule has 10 nitrogen and oxygen atoms in total. The summed E-state index contributed by atoms with van der Waals surface area (Å²) in [4.78, 5) is 40.5. The van der Waals surface area contributed by atoms with Gasteiger partial charge in [0.1, 0.15) is 18.3 Å². The molecule has 8 rings (SSSR count). The fourth-order valence-corrected chi connectivity index (χ4v) is 7.86. The summed E-state index contributed by atoms with van der Waals surface area (Å²) in [6.45, 7) is 0.129. The lowest BCUT2D eigenvalue weighted by Crippen LogP contribution is -2.43. The zero-order chi connectivity index (χ0) is 37.8. The van der Waals surface area contributed by atoms with E-state index in [0.29, 0.717) is 34.8 Å². The minimum Gasteiger partial charge on any atom is -0.456 e. The molecular weight excluding hydrogens is 697 g/mol. The summed E-state index contributed by atoms with van der Waals surface area (Å²) in [5, 5.41) is 14.7. The van der Waals surface area contributed by atoms with Crippen LogP contribution in [0.4, 0.5) is 0 Å². The Morgan fingerprint density at radius 3 is 2.31 bits per heavy atom. The van der Waals surface area contributed by atoms with Crippen molar-refractivity contribution in [1.82, 2.24) is 10.6 Å². The molecular formula is C45H44N2O8. The van der Waals surface area contributed by atoms with Crippen LogP contribution in [0, 0.1) is 5.92 Å². The molecule has 0 bridgehead atoms. The first-order chi connectivity index (χ1) is 26.9. The van der Waals surface area contributed by atoms with Gasteiger partial charge >= 0.3 is 5.97 Å². The third-order valence-electron chi connectivity index (χ3n) is 10.8. The van der Waals surface area contributed by atoms with Crippen LogP contribution in [0.5, 0.6) is 0 Å². The minimum absolute atomic E-state index is 0.0913. The molecule has 4 aromatic rings. The Hall–Kier alpha value is -5.39. The first-order valence-electron chi connectivity index (χ1n) is 19.0. The maximum atomic E-state index is 14.1. The molecule has 2 aliphatic heterocycles. The predicted octanol–water partition coefficient (Wildman–Crippen LogP) is 5.85. The number of aliphatic hydroxyl groups is 1. The molecule has 55 heavy (non-hydrogen) atoms. The van der Waals surface area contributed by atoms with Crippen LogP contribution in [0.2, 0.25) is 0 Å². The second-order valence-corrected chi connectivity index (χ2v) is 14.4. The maximum Gasteiger partial charge on any atom is 0.339 e. The number of hydrogen-bond donors (Lipinski definition) is 3. The van der Waals surface area contributed by atoms with Gasteiger partial charge in [-0.1, -0.05) is 103 Å². The van der Waals surface area contributed by atoms with Crippen molar-refractivity contribution in [1.29, 1.82) is 0 Å². The maximum absolute atomic E-state index is 14.1. The fraction of sp³-hybridized carbons (Fsp3) is 0.311. The summed E-state index contributed by atoms with van der Waals surface area (Å²) in [6, 6.07) is 33.6. The molecule has 0 spiro atoms. The van der Waals surface area contributed by atoms with Gasteiger partial charge in [-0.3, -0.25) is 9.59 Å². The van der Waals surface area contributed by atoms with E-state index in [0.717, 1.165) is 41.5 Å². The van der Waals surface area contributed by atoms with Gasteiger partial charge in [-0.15, -0.1) is 0 Å². The lowest BCUT2D eigenvalue weighted by atomic mass is 9.88. The highest BCUT2D eigenvalue weighted by Gasteiger charge is 2.55. The number of aliphatic hydroxyl groups excluding tert-OH is 1. The van der Waals surface area contributed by atoms with Gasteiger partial charge in [0, 0.05) is 41.8 Å². The molecule has 2 amide bonds. The molecule has 2 saturated heterocycles. The Bertz CT molecular complexity index is 2040. The highest BCUT2D eigenvalue weighted by molar-refractivity contribution is 5.96. The SMILES string of the molecule is O=C(NCc1cccc(C(=O)NCCO)c1)C1=CC2OC(c3ccccc3)(c3ccccc3)OC2C(OC(=O)c2ccccc2C=CC2CCC3OC3C2)C1. The third-order valence-corrected chi connectivity index (χ3v) is 10.8. The van der Waals surface area contributed by atoms with Gasteiger partial charge in [-0.25, -0.2) is 4.79 Å². The first-order valence-corrected chi connectivity index (χ1v) is 19.0. The number of carbonyl (C=O) groups excluding carboxylic acids is 3. The van der Waals surface area contributed by atoms with Crippen molar-refractivity contribution in [3.05, 3.63) is 160 Å². The minimum atomic E-state index is -1.33. The number of epoxide rings is 1. The third kappa shape index (κ3) is 8.04. The molecule has 6 unspecified atom stereocenters. The van der Waals surface area contributed by atoms with E-state index in [4.69, 9.17) is 24.1 Å². The number of carbonyl (C=O) groups is 3. The van der Waals surface area contributed by atoms with Crippen molar-refractivity contribution in [3.8, 4) is 0 Å². The van der Waals surface area contributed by atoms with Crippen LogP contribution in [0.1, 0.15) is 68.7 Å². The summed E-state index contributed by atoms with van der Waals surface area (Å²) >= 11 is 0. The number of fused-ring (bicyclic) bond motifs is 2. The van der Waals surface area contributed by atoms with Crippen molar-refractivity contribution < 1.29 is 38.4 Å². The molecule has 4 aromatic carbocycles. The van der Waals surface area contributed by atoms with Crippen LogP contribution >= 0.6 is 0 Å². The number of benzene rings is 4. The fourth-order valence-electron chi connectivity index (χ4n) is 7.86. The Morgan fingerprint density at radius 1 is 0.818 bits per heavy atom. The standard InChI is InChI=1S/C45H44N2O8/c48-23-22-46-42(49)32-12-9-10-30(24-32)28-47-43(50)33-26-39(53-44(51)36-17-8-7-11-31(36)20-18-29-19-21-37-38(25-29)52-37)41-40(27-33)54-45(55-41,34-13-3-1-4-14-34)35-15-5-2-6-16-35/h1-18,20,24,27,29,37-41,48H,19,21-23,25-26,28H2,(H,46,49)(H,47,50). The second-order valence-electron chi connectivity index (χ2n) is 14.4. The molecule has 3 fully saturated rings. The molecule has 2 heterocycles. The van der Waals surface area contributed by atoms with E-state index in [1.807, 2.05) is 91.0 Å². The zero-order valence-corrected chi connectivity index (χ0v) is 30.3. The zero-order valence-electron chi connectivity index (χ0n) is 30.3. The smallest absolute Gasteiger partial charge is 0.339 e. The average Bonchev–Trinajstić information content (AvgIpc) is 3.90. The van der Waals surface area contributed by atoms with Crippen molar-refractivity contribution in [2.75, 3.05) is 13.2 Å². The van der Waals surface area contributed by atoms with Crippen LogP contribution in [0.25, 0.3) is 6.08 Å². The van der Waals surface area contributed by atoms with Gasteiger partial charge in [0.05, 0.1) is 24.4 Å². The summed E-state index contributed by atoms with van der Waals surface area (Å²) in [5.74, 6) is -2.13. The van der Waals surface area contributed by atoms with Gasteiger partial charge in [-0.2, -0.15) is 0 Å². The molecule has 6 atom stereocenters. The van der Waals surface area contributed by atoms with E-state index >= 15 is 0 Å². The van der Waals surface area contributed by atoms with Gasteiger partial charge in [0.15, 0.2) is 0 Å². The Balaban J connectivity index is 1.06. The molecule has 10 heteroatoms. The normalized spacial score (nSPS) is 24.9. The van der Waals surface area contributed by atoms with Crippen molar-refractivity contribution in [2.24, 2.45) is 5.92 Å². The van der Waals surface area contributed by atoms with Crippen molar-refractivity contribution in [2.45, 2.75) is 68.5 Å². The number of rotatable bonds is 12. The Kier molecular flexibility index (Phi) is 10.7. The second kappa shape index (κ2) is 16.1. The van der Waals surface area contributed by atoms with E-state index < -0.39 is 30.1 Å². The van der Waals surface area contributed by atoms with Gasteiger partial charge < -0.3 is 34.7 Å². The summed E-state index contributed by atoms with van der Waals surface area (Å²) in [7, 11) is 0. The Morgan fingerprint density at radius 2 is 1.56 bits per heavy atom. The molecule has 2 aliphatic carbocycles. The summed E-state index contributed by atoms with van der Waals surface area (Å²) in [6.07, 6.45) is 7.57. The van der Waals surface area contributed by atoms with Gasteiger partial charge in [0.25, 0.3) is 5.91 Å². The van der Waals surface area contributed by atoms with Crippen LogP contribution in [0.15, 0.2) is 127 Å². The lowest BCUT2D eigenvalue weighted by molar-refractivity contribution is -0.157. The topological polar surface area (TPSA) is 136 Å². The van der Waals surface area contributed by atoms with E-state index in [1.165, 1.54) is 0 Å². The number of amides is 2. The van der Waals surface area contributed by atoms with E-state index in [2.05, 4.69) is 16.7 Å². The number of ether oxygens (including phenoxy) is 4. The summed E-state index contributed by atoms with van der Waals surface area (Å²) < 4.78 is 25.8. The van der Waals surface area contributed by atoms with Crippen LogP contribution in [-0.4, -0.2) is 66.6 Å². The molecule has 0 radical (unpaired) electrons. The summed E-state index contributed by atoms with van der Waals surface area (Å²) in [5.41, 5.74) is 4.24. The van der Waals surface area contributed by atoms with E-state index in [9.17, 15) is 14.4 Å². The average molecular weight is 741 g/mol. The molecule has 3 N–H and O–H groups in total. The van der Waals surface area contributed by atoms with Crippen molar-refractivity contribution in [3.63, 3.8) is 0 Å². The molecule has 4 aliphatic rings. The lowest BCUT2D eigenvalue weighted by Gasteiger charge is -2.31. The monoisotopic (exact) mass is 740 g/mol. The number of hydrogen-bond acceptors (Lipinski definition) is 8. The molecule has 0 aromatic heterocycles. The number of nitrogens with one attached hydrogen (secondary N) is 2. The van der Waals surface area contributed by atoms with Crippen molar-refractivity contribution >= 4 is 23.9 Å². The largest absolute Gasteiger partial charge is 0.456 e. The molecule has 282 valence electrons. The van der Waals surface area contributed by atoms with E-state index in [-0.39, 0.29) is 37.9 Å². The Labute approximate surface area is 320 Å². The predicted molar refractivity (Wildman–Crippen MR) is 204 cm³/mol. The van der Waals surface area contributed by atoms with Crippen LogP contribution in [-0.2, 0) is 36.1 Å². The van der Waals surface area contributed by atoms with Gasteiger partial charge in [-0.05, 0) is 60.6 Å².